The zero-order valence-electron chi connectivity index (χ0n) is 19.1. The predicted octanol–water partition coefficient (Wildman–Crippen LogP) is 1.63. The van der Waals surface area contributed by atoms with E-state index < -0.39 is 0 Å². The third kappa shape index (κ3) is 6.59. The van der Waals surface area contributed by atoms with E-state index in [9.17, 15) is 0 Å². The van der Waals surface area contributed by atoms with Gasteiger partial charge in [-0.1, -0.05) is 19.1 Å². The number of rotatable bonds is 9. The molecule has 1 atom stereocenters. The first-order valence-electron chi connectivity index (χ1n) is 11.5. The Kier molecular flexibility index (Phi) is 9.24. The highest BCUT2D eigenvalue weighted by molar-refractivity contribution is 5.79. The summed E-state index contributed by atoms with van der Waals surface area (Å²) in [6.07, 6.45) is 2.55. The van der Waals surface area contributed by atoms with Gasteiger partial charge in [-0.05, 0) is 50.2 Å². The van der Waals surface area contributed by atoms with E-state index in [-0.39, 0.29) is 0 Å². The van der Waals surface area contributed by atoms with Crippen molar-refractivity contribution in [3.8, 4) is 5.75 Å². The summed E-state index contributed by atoms with van der Waals surface area (Å²) in [6.45, 7) is 13.2. The Balaban J connectivity index is 1.49. The molecule has 2 heterocycles. The van der Waals surface area contributed by atoms with E-state index in [1.54, 1.807) is 7.11 Å². The summed E-state index contributed by atoms with van der Waals surface area (Å²) in [7, 11) is 3.59. The van der Waals surface area contributed by atoms with Crippen molar-refractivity contribution < 1.29 is 4.74 Å². The summed E-state index contributed by atoms with van der Waals surface area (Å²) in [5, 5.41) is 7.07. The third-order valence-corrected chi connectivity index (χ3v) is 6.38. The van der Waals surface area contributed by atoms with Crippen LogP contribution in [0.2, 0.25) is 0 Å². The molecule has 2 saturated heterocycles. The second-order valence-corrected chi connectivity index (χ2v) is 8.19. The Hall–Kier alpha value is -1.83. The van der Waals surface area contributed by atoms with Crippen LogP contribution < -0.4 is 15.4 Å². The van der Waals surface area contributed by atoms with E-state index in [1.165, 1.54) is 31.5 Å². The van der Waals surface area contributed by atoms with Crippen LogP contribution in [0.4, 0.5) is 0 Å². The summed E-state index contributed by atoms with van der Waals surface area (Å²) >= 11 is 0. The fourth-order valence-corrected chi connectivity index (χ4v) is 4.44. The number of aliphatic imine (C=N–C) groups is 1. The van der Waals surface area contributed by atoms with Crippen molar-refractivity contribution >= 4 is 5.96 Å². The highest BCUT2D eigenvalue weighted by atomic mass is 16.5. The number of likely N-dealkylation sites (N-methyl/N-ethyl adjacent to an activating group) is 1. The van der Waals surface area contributed by atoms with Crippen LogP contribution in [0.15, 0.2) is 29.3 Å². The van der Waals surface area contributed by atoms with Gasteiger partial charge < -0.3 is 20.3 Å². The molecule has 2 N–H and O–H groups in total. The maximum atomic E-state index is 5.46. The van der Waals surface area contributed by atoms with Crippen LogP contribution in [-0.4, -0.2) is 100 Å². The molecule has 2 aliphatic rings. The number of benzene rings is 1. The van der Waals surface area contributed by atoms with Gasteiger partial charge in [-0.2, -0.15) is 0 Å². The molecule has 1 unspecified atom stereocenters. The highest BCUT2D eigenvalue weighted by Crippen LogP contribution is 2.27. The Morgan fingerprint density at radius 3 is 2.47 bits per heavy atom. The SMILES string of the molecule is CCN1CCN(CCNC(=NC)NCC(c2cccc(OC)c2)N2CCCC2)CC1. The van der Waals surface area contributed by atoms with Gasteiger partial charge in [0.25, 0.3) is 0 Å². The molecule has 3 rings (SSSR count). The predicted molar refractivity (Wildman–Crippen MR) is 124 cm³/mol. The Morgan fingerprint density at radius 1 is 1.07 bits per heavy atom. The van der Waals surface area contributed by atoms with Crippen LogP contribution in [0.3, 0.4) is 0 Å². The number of likely N-dealkylation sites (tertiary alicyclic amines) is 1. The molecule has 0 saturated carbocycles. The molecule has 0 bridgehead atoms. The van der Waals surface area contributed by atoms with E-state index in [4.69, 9.17) is 4.74 Å². The van der Waals surface area contributed by atoms with E-state index in [0.29, 0.717) is 6.04 Å². The molecule has 168 valence electrons. The number of guanidine groups is 1. The lowest BCUT2D eigenvalue weighted by molar-refractivity contribution is 0.139. The van der Waals surface area contributed by atoms with Gasteiger partial charge in [0.1, 0.15) is 5.75 Å². The average Bonchev–Trinajstić information content (AvgIpc) is 3.33. The minimum atomic E-state index is 0.322. The van der Waals surface area contributed by atoms with Gasteiger partial charge >= 0.3 is 0 Å². The Labute approximate surface area is 182 Å². The summed E-state index contributed by atoms with van der Waals surface area (Å²) in [5.74, 6) is 1.80. The third-order valence-electron chi connectivity index (χ3n) is 6.38. The first-order valence-corrected chi connectivity index (χ1v) is 11.5. The lowest BCUT2D eigenvalue weighted by Crippen LogP contribution is -2.49. The molecule has 2 aliphatic heterocycles. The molecule has 0 aromatic heterocycles. The van der Waals surface area contributed by atoms with Crippen LogP contribution in [-0.2, 0) is 0 Å². The largest absolute Gasteiger partial charge is 0.497 e. The first-order chi connectivity index (χ1) is 14.7. The highest BCUT2D eigenvalue weighted by Gasteiger charge is 2.24. The lowest BCUT2D eigenvalue weighted by atomic mass is 10.1. The van der Waals surface area contributed by atoms with Gasteiger partial charge in [-0.15, -0.1) is 0 Å². The molecule has 1 aromatic rings. The maximum Gasteiger partial charge on any atom is 0.191 e. The number of hydrogen-bond acceptors (Lipinski definition) is 5. The van der Waals surface area contributed by atoms with Crippen molar-refractivity contribution in [2.75, 3.05) is 79.6 Å². The summed E-state index contributed by atoms with van der Waals surface area (Å²) in [5.41, 5.74) is 1.30. The zero-order chi connectivity index (χ0) is 21.2. The number of piperazine rings is 1. The van der Waals surface area contributed by atoms with Crippen LogP contribution >= 0.6 is 0 Å². The van der Waals surface area contributed by atoms with Crippen molar-refractivity contribution in [3.05, 3.63) is 29.8 Å². The molecular formula is C23H40N6O. The van der Waals surface area contributed by atoms with Gasteiger partial charge in [0.2, 0.25) is 0 Å². The van der Waals surface area contributed by atoms with Crippen LogP contribution in [0, 0.1) is 0 Å². The maximum absolute atomic E-state index is 5.46. The molecule has 0 amide bonds. The molecule has 1 aromatic carbocycles. The molecule has 0 spiro atoms. The van der Waals surface area contributed by atoms with Gasteiger partial charge in [0, 0.05) is 52.9 Å². The fourth-order valence-electron chi connectivity index (χ4n) is 4.44. The molecule has 0 aliphatic carbocycles. The Morgan fingerprint density at radius 2 is 1.80 bits per heavy atom. The monoisotopic (exact) mass is 416 g/mol. The van der Waals surface area contributed by atoms with Crippen LogP contribution in [0.25, 0.3) is 0 Å². The molecule has 30 heavy (non-hydrogen) atoms. The quantitative estimate of drug-likeness (QED) is 0.472. The number of nitrogens with zero attached hydrogens (tertiary/aromatic N) is 4. The second kappa shape index (κ2) is 12.1. The number of ether oxygens (including phenoxy) is 1. The van der Waals surface area contributed by atoms with E-state index in [0.717, 1.165) is 64.1 Å². The van der Waals surface area contributed by atoms with Gasteiger partial charge in [0.05, 0.1) is 13.2 Å². The van der Waals surface area contributed by atoms with Gasteiger partial charge in [0.15, 0.2) is 5.96 Å². The van der Waals surface area contributed by atoms with E-state index >= 15 is 0 Å². The van der Waals surface area contributed by atoms with Crippen molar-refractivity contribution in [3.63, 3.8) is 0 Å². The summed E-state index contributed by atoms with van der Waals surface area (Å²) < 4.78 is 5.46. The minimum absolute atomic E-state index is 0.322. The topological polar surface area (TPSA) is 55.4 Å². The Bertz CT molecular complexity index is 653. The molecule has 7 heteroatoms. The van der Waals surface area contributed by atoms with Crippen molar-refractivity contribution in [2.45, 2.75) is 25.8 Å². The number of nitrogens with one attached hydrogen (secondary N) is 2. The minimum Gasteiger partial charge on any atom is -0.497 e. The number of methoxy groups -OCH3 is 1. The molecular weight excluding hydrogens is 376 g/mol. The van der Waals surface area contributed by atoms with Crippen LogP contribution in [0.1, 0.15) is 31.4 Å². The smallest absolute Gasteiger partial charge is 0.191 e. The number of hydrogen-bond donors (Lipinski definition) is 2. The normalized spacial score (nSPS) is 20.3. The van der Waals surface area contributed by atoms with Gasteiger partial charge in [-0.3, -0.25) is 14.8 Å². The lowest BCUT2D eigenvalue weighted by Gasteiger charge is -2.34. The molecule has 2 fully saturated rings. The second-order valence-electron chi connectivity index (χ2n) is 8.19. The summed E-state index contributed by atoms with van der Waals surface area (Å²) in [4.78, 5) is 12.1. The van der Waals surface area contributed by atoms with E-state index in [2.05, 4.69) is 55.4 Å². The average molecular weight is 417 g/mol. The van der Waals surface area contributed by atoms with E-state index in [1.807, 2.05) is 13.1 Å². The van der Waals surface area contributed by atoms with Crippen molar-refractivity contribution in [1.29, 1.82) is 0 Å². The first kappa shape index (κ1) is 22.8. The zero-order valence-corrected chi connectivity index (χ0v) is 19.1. The molecule has 7 nitrogen and oxygen atoms in total. The molecule has 0 radical (unpaired) electrons. The van der Waals surface area contributed by atoms with Gasteiger partial charge in [-0.25, -0.2) is 0 Å². The van der Waals surface area contributed by atoms with Crippen molar-refractivity contribution in [1.82, 2.24) is 25.3 Å². The van der Waals surface area contributed by atoms with Crippen LogP contribution in [0.5, 0.6) is 5.75 Å². The standard InChI is InChI=1S/C23H40N6O/c1-4-27-14-16-28(17-15-27)13-10-25-23(24-2)26-19-22(29-11-5-6-12-29)20-8-7-9-21(18-20)30-3/h7-9,18,22H,4-6,10-17,19H2,1-3H3,(H2,24,25,26). The fraction of sp³-hybridized carbons (Fsp3) is 0.696. The van der Waals surface area contributed by atoms with Crippen molar-refractivity contribution in [2.24, 2.45) is 4.99 Å². The summed E-state index contributed by atoms with van der Waals surface area (Å²) in [6, 6.07) is 8.79.